The van der Waals surface area contributed by atoms with Gasteiger partial charge in [-0.15, -0.1) is 0 Å². The molecule has 136 valence electrons. The molecule has 0 aliphatic rings. The number of hydrogen-bond donors (Lipinski definition) is 2. The van der Waals surface area contributed by atoms with Gasteiger partial charge in [-0.2, -0.15) is 5.10 Å². The highest BCUT2D eigenvalue weighted by molar-refractivity contribution is 7.89. The quantitative estimate of drug-likeness (QED) is 0.643. The number of hydrogen-bond acceptors (Lipinski definition) is 4. The predicted octanol–water partition coefficient (Wildman–Crippen LogP) is 1.04. The van der Waals surface area contributed by atoms with E-state index >= 15 is 0 Å². The fourth-order valence-corrected chi connectivity index (χ4v) is 3.06. The molecule has 0 saturated carbocycles. The Kier molecular flexibility index (Phi) is 6.59. The zero-order valence-corrected chi connectivity index (χ0v) is 14.1. The van der Waals surface area contributed by atoms with Crippen LogP contribution in [0.2, 0.25) is 0 Å². The molecule has 1 amide bonds. The van der Waals surface area contributed by atoms with Gasteiger partial charge in [-0.3, -0.25) is 9.48 Å². The largest absolute Gasteiger partial charge is 0.356 e. The molecule has 0 unspecified atom stereocenters. The van der Waals surface area contributed by atoms with Gasteiger partial charge in [-0.1, -0.05) is 0 Å². The minimum absolute atomic E-state index is 0.0648. The van der Waals surface area contributed by atoms with E-state index in [2.05, 4.69) is 15.1 Å². The normalized spacial score (nSPS) is 11.4. The van der Waals surface area contributed by atoms with Crippen molar-refractivity contribution < 1.29 is 22.0 Å². The van der Waals surface area contributed by atoms with Crippen LogP contribution in [-0.4, -0.2) is 37.2 Å². The summed E-state index contributed by atoms with van der Waals surface area (Å²) < 4.78 is 53.7. The fraction of sp³-hybridized carbons (Fsp3) is 0.333. The number of nitrogens with zero attached hydrogens (tertiary/aromatic N) is 2. The van der Waals surface area contributed by atoms with Crippen molar-refractivity contribution in [2.75, 3.05) is 13.1 Å². The number of rotatable bonds is 9. The first-order valence-corrected chi connectivity index (χ1v) is 9.05. The van der Waals surface area contributed by atoms with Crippen LogP contribution in [0, 0.1) is 11.6 Å². The Morgan fingerprint density at radius 1 is 1.20 bits per heavy atom. The first-order chi connectivity index (χ1) is 11.9. The Labute approximate surface area is 144 Å². The van der Waals surface area contributed by atoms with E-state index in [0.717, 1.165) is 12.1 Å². The summed E-state index contributed by atoms with van der Waals surface area (Å²) >= 11 is 0. The molecule has 7 nitrogen and oxygen atoms in total. The zero-order valence-electron chi connectivity index (χ0n) is 13.3. The van der Waals surface area contributed by atoms with Crippen LogP contribution in [0.1, 0.15) is 12.8 Å². The minimum atomic E-state index is -4.00. The summed E-state index contributed by atoms with van der Waals surface area (Å²) in [5.74, 6) is -2.69. The summed E-state index contributed by atoms with van der Waals surface area (Å²) in [6.07, 6.45) is 4.10. The molecule has 2 rings (SSSR count). The fourth-order valence-electron chi connectivity index (χ4n) is 2.02. The molecule has 1 aromatic carbocycles. The number of carbonyl (C=O) groups excluding carboxylic acids is 1. The number of halogens is 2. The average Bonchev–Trinajstić information content (AvgIpc) is 3.07. The Bertz CT molecular complexity index is 810. The molecule has 2 N–H and O–H groups in total. The van der Waals surface area contributed by atoms with Crippen molar-refractivity contribution in [1.82, 2.24) is 19.8 Å². The third-order valence-corrected chi connectivity index (χ3v) is 4.75. The van der Waals surface area contributed by atoms with E-state index in [-0.39, 0.29) is 18.9 Å². The van der Waals surface area contributed by atoms with E-state index in [4.69, 9.17) is 0 Å². The van der Waals surface area contributed by atoms with Crippen molar-refractivity contribution in [3.63, 3.8) is 0 Å². The van der Waals surface area contributed by atoms with Crippen molar-refractivity contribution >= 4 is 15.9 Å². The Morgan fingerprint density at radius 2 is 2.00 bits per heavy atom. The molecule has 25 heavy (non-hydrogen) atoms. The van der Waals surface area contributed by atoms with E-state index in [9.17, 15) is 22.0 Å². The van der Waals surface area contributed by atoms with Gasteiger partial charge >= 0.3 is 0 Å². The van der Waals surface area contributed by atoms with Crippen LogP contribution in [-0.2, 0) is 21.4 Å². The number of sulfonamides is 1. The molecule has 1 aromatic heterocycles. The van der Waals surface area contributed by atoms with Gasteiger partial charge in [-0.25, -0.2) is 21.9 Å². The molecule has 0 radical (unpaired) electrons. The monoisotopic (exact) mass is 372 g/mol. The lowest BCUT2D eigenvalue weighted by Crippen LogP contribution is -2.31. The molecule has 0 atom stereocenters. The Hall–Kier alpha value is -2.33. The van der Waals surface area contributed by atoms with Gasteiger partial charge in [0.2, 0.25) is 15.9 Å². The highest BCUT2D eigenvalue weighted by atomic mass is 32.2. The second kappa shape index (κ2) is 8.67. The van der Waals surface area contributed by atoms with Gasteiger partial charge in [-0.05, 0) is 30.7 Å². The van der Waals surface area contributed by atoms with Crippen LogP contribution in [0.3, 0.4) is 0 Å². The first kappa shape index (κ1) is 19.0. The molecular formula is C15H18F2N4O3S. The first-order valence-electron chi connectivity index (χ1n) is 7.57. The lowest BCUT2D eigenvalue weighted by Gasteiger charge is -2.08. The third-order valence-electron chi connectivity index (χ3n) is 3.29. The predicted molar refractivity (Wildman–Crippen MR) is 86.0 cm³/mol. The van der Waals surface area contributed by atoms with Crippen LogP contribution in [0.4, 0.5) is 8.78 Å². The van der Waals surface area contributed by atoms with Gasteiger partial charge < -0.3 is 5.32 Å². The third kappa shape index (κ3) is 5.91. The highest BCUT2D eigenvalue weighted by Gasteiger charge is 2.16. The van der Waals surface area contributed by atoms with Gasteiger partial charge in [0, 0.05) is 38.4 Å². The number of amides is 1. The molecule has 0 saturated heterocycles. The molecular weight excluding hydrogens is 354 g/mol. The lowest BCUT2D eigenvalue weighted by molar-refractivity contribution is -0.120. The van der Waals surface area contributed by atoms with Crippen molar-refractivity contribution in [3.05, 3.63) is 48.3 Å². The molecule has 0 spiro atoms. The van der Waals surface area contributed by atoms with Gasteiger partial charge in [0.25, 0.3) is 0 Å². The molecule has 0 fully saturated rings. The number of aromatic nitrogens is 2. The van der Waals surface area contributed by atoms with E-state index in [1.54, 1.807) is 16.9 Å². The minimum Gasteiger partial charge on any atom is -0.356 e. The van der Waals surface area contributed by atoms with E-state index in [1.807, 2.05) is 6.20 Å². The summed E-state index contributed by atoms with van der Waals surface area (Å²) in [6, 6.07) is 4.08. The number of benzene rings is 1. The van der Waals surface area contributed by atoms with Gasteiger partial charge in [0.1, 0.15) is 0 Å². The molecule has 1 heterocycles. The van der Waals surface area contributed by atoms with Crippen LogP contribution in [0.5, 0.6) is 0 Å². The maximum Gasteiger partial charge on any atom is 0.240 e. The summed E-state index contributed by atoms with van der Waals surface area (Å²) in [5.41, 5.74) is 0. The molecule has 2 aromatic rings. The lowest BCUT2D eigenvalue weighted by atomic mass is 10.3. The van der Waals surface area contributed by atoms with Crippen molar-refractivity contribution in [2.24, 2.45) is 0 Å². The Balaban J connectivity index is 1.69. The van der Waals surface area contributed by atoms with Gasteiger partial charge in [0.15, 0.2) is 11.6 Å². The van der Waals surface area contributed by atoms with Crippen LogP contribution in [0.25, 0.3) is 0 Å². The maximum absolute atomic E-state index is 13.1. The molecule has 0 aliphatic carbocycles. The maximum atomic E-state index is 13.1. The summed E-state index contributed by atoms with van der Waals surface area (Å²) in [4.78, 5) is 11.3. The van der Waals surface area contributed by atoms with Crippen LogP contribution in [0.15, 0.2) is 41.6 Å². The summed E-state index contributed by atoms with van der Waals surface area (Å²) in [5, 5.41) is 6.69. The van der Waals surface area contributed by atoms with Crippen molar-refractivity contribution in [3.8, 4) is 0 Å². The molecule has 0 bridgehead atoms. The number of aryl methyl sites for hydroxylation is 1. The average molecular weight is 372 g/mol. The van der Waals surface area contributed by atoms with Crippen molar-refractivity contribution in [2.45, 2.75) is 24.3 Å². The standard InChI is InChI=1S/C15H18F2N4O3S/c16-13-4-3-12(11-14(13)17)25(23,24)20-8-5-15(22)18-6-1-9-21-10-2-7-19-21/h2-4,7,10-11,20H,1,5-6,8-9H2,(H,18,22). The zero-order chi connectivity index (χ0) is 18.3. The van der Waals surface area contributed by atoms with Crippen molar-refractivity contribution in [1.29, 1.82) is 0 Å². The van der Waals surface area contributed by atoms with E-state index in [1.165, 1.54) is 0 Å². The van der Waals surface area contributed by atoms with E-state index < -0.39 is 26.6 Å². The second-order valence-corrected chi connectivity index (χ2v) is 6.96. The SMILES string of the molecule is O=C(CCNS(=O)(=O)c1ccc(F)c(F)c1)NCCCn1cccn1. The highest BCUT2D eigenvalue weighted by Crippen LogP contribution is 2.13. The smallest absolute Gasteiger partial charge is 0.240 e. The number of carbonyl (C=O) groups is 1. The molecule has 0 aliphatic heterocycles. The van der Waals surface area contributed by atoms with Gasteiger partial charge in [0.05, 0.1) is 4.90 Å². The summed E-state index contributed by atoms with van der Waals surface area (Å²) in [6.45, 7) is 0.955. The number of nitrogens with one attached hydrogen (secondary N) is 2. The van der Waals surface area contributed by atoms with E-state index in [0.29, 0.717) is 25.6 Å². The second-order valence-electron chi connectivity index (χ2n) is 5.20. The van der Waals surface area contributed by atoms with Crippen LogP contribution >= 0.6 is 0 Å². The van der Waals surface area contributed by atoms with Crippen LogP contribution < -0.4 is 10.0 Å². The molecule has 10 heteroatoms. The Morgan fingerprint density at radius 3 is 2.68 bits per heavy atom. The topological polar surface area (TPSA) is 93.1 Å². The summed E-state index contributed by atoms with van der Waals surface area (Å²) in [7, 11) is -4.00.